The van der Waals surface area contributed by atoms with Crippen LogP contribution in [-0.2, 0) is 14.3 Å². The van der Waals surface area contributed by atoms with Crippen molar-refractivity contribution in [1.82, 2.24) is 4.90 Å². The molecule has 0 radical (unpaired) electrons. The fourth-order valence-electron chi connectivity index (χ4n) is 5.37. The van der Waals surface area contributed by atoms with Gasteiger partial charge in [-0.05, 0) is 30.3 Å². The predicted octanol–water partition coefficient (Wildman–Crippen LogP) is 2.86. The molecular weight excluding hydrogens is 464 g/mol. The highest BCUT2D eigenvalue weighted by molar-refractivity contribution is 6.05. The summed E-state index contributed by atoms with van der Waals surface area (Å²) in [7, 11) is 2.85. The highest BCUT2D eigenvalue weighted by Crippen LogP contribution is 2.41. The number of ketones is 1. The van der Waals surface area contributed by atoms with Gasteiger partial charge in [-0.2, -0.15) is 0 Å². The van der Waals surface area contributed by atoms with Gasteiger partial charge in [0.25, 0.3) is 0 Å². The molecule has 0 bridgehead atoms. The maximum Gasteiger partial charge on any atom is 0.339 e. The van der Waals surface area contributed by atoms with Crippen LogP contribution >= 0.6 is 0 Å². The molecule has 1 atom stereocenters. The molecule has 2 aromatic carbocycles. The highest BCUT2D eigenvalue weighted by atomic mass is 16.5. The largest absolute Gasteiger partial charge is 0.497 e. The molecular formula is C27H28N2O7. The molecule has 1 spiro atoms. The number of nitrogens with zero attached hydrogens (tertiary/aromatic N) is 2. The van der Waals surface area contributed by atoms with Gasteiger partial charge in [-0.1, -0.05) is 12.1 Å². The number of likely N-dealkylation sites (tertiary alicyclic amines) is 1. The van der Waals surface area contributed by atoms with Gasteiger partial charge in [0.2, 0.25) is 11.8 Å². The number of rotatable bonds is 4. The van der Waals surface area contributed by atoms with E-state index in [9.17, 15) is 19.2 Å². The monoisotopic (exact) mass is 492 g/mol. The summed E-state index contributed by atoms with van der Waals surface area (Å²) < 4.78 is 16.4. The minimum absolute atomic E-state index is 0.0104. The molecule has 0 saturated carbocycles. The highest BCUT2D eigenvalue weighted by Gasteiger charge is 2.45. The van der Waals surface area contributed by atoms with E-state index < -0.39 is 17.5 Å². The smallest absolute Gasteiger partial charge is 0.339 e. The zero-order valence-corrected chi connectivity index (χ0v) is 20.3. The van der Waals surface area contributed by atoms with Gasteiger partial charge in [0.05, 0.1) is 43.4 Å². The van der Waals surface area contributed by atoms with Gasteiger partial charge >= 0.3 is 5.97 Å². The number of methoxy groups -OCH3 is 2. The number of amides is 2. The molecule has 0 aliphatic carbocycles. The van der Waals surface area contributed by atoms with Crippen LogP contribution in [0.15, 0.2) is 42.5 Å². The second kappa shape index (κ2) is 9.29. The first-order valence-electron chi connectivity index (χ1n) is 12.0. The van der Waals surface area contributed by atoms with Crippen LogP contribution in [0.4, 0.5) is 5.69 Å². The number of benzene rings is 2. The van der Waals surface area contributed by atoms with Gasteiger partial charge in [-0.3, -0.25) is 14.4 Å². The van der Waals surface area contributed by atoms with E-state index >= 15 is 0 Å². The summed E-state index contributed by atoms with van der Waals surface area (Å²) in [5.41, 5.74) is 0.632. The number of piperidine rings is 1. The molecule has 9 heteroatoms. The summed E-state index contributed by atoms with van der Waals surface area (Å²) in [6.45, 7) is 1.10. The van der Waals surface area contributed by atoms with Crippen molar-refractivity contribution in [2.45, 2.75) is 31.3 Å². The SMILES string of the molecule is COC(=O)c1ccccc1N1CC(C(=O)N2CCC3(CC2)CC(=O)c2cc(OC)ccc2O3)CC1=O. The third-order valence-electron chi connectivity index (χ3n) is 7.36. The Balaban J connectivity index is 1.25. The first-order valence-corrected chi connectivity index (χ1v) is 12.0. The fourth-order valence-corrected chi connectivity index (χ4v) is 5.37. The summed E-state index contributed by atoms with van der Waals surface area (Å²) in [6.07, 6.45) is 1.41. The number of esters is 1. The van der Waals surface area contributed by atoms with Crippen LogP contribution in [0.5, 0.6) is 11.5 Å². The molecule has 0 N–H and O–H groups in total. The summed E-state index contributed by atoms with van der Waals surface area (Å²) in [5, 5.41) is 0. The molecule has 5 rings (SSSR count). The molecule has 3 aliphatic heterocycles. The van der Waals surface area contributed by atoms with Crippen molar-refractivity contribution in [3.05, 3.63) is 53.6 Å². The number of ether oxygens (including phenoxy) is 3. The number of Topliss-reactive ketones (excluding diaryl/α,β-unsaturated/α-hetero) is 1. The fraction of sp³-hybridized carbons (Fsp3) is 0.407. The number of hydrogen-bond donors (Lipinski definition) is 0. The van der Waals surface area contributed by atoms with Crippen LogP contribution in [0.2, 0.25) is 0 Å². The summed E-state index contributed by atoms with van der Waals surface area (Å²) in [5.74, 6) is -0.161. The van der Waals surface area contributed by atoms with Crippen molar-refractivity contribution in [2.24, 2.45) is 5.92 Å². The number of carbonyl (C=O) groups is 4. The molecule has 36 heavy (non-hydrogen) atoms. The van der Waals surface area contributed by atoms with E-state index in [0.717, 1.165) is 0 Å². The van der Waals surface area contributed by atoms with E-state index in [1.165, 1.54) is 12.0 Å². The Labute approximate surface area is 208 Å². The van der Waals surface area contributed by atoms with Crippen LogP contribution < -0.4 is 14.4 Å². The van der Waals surface area contributed by atoms with Crippen LogP contribution in [0.1, 0.15) is 46.4 Å². The van der Waals surface area contributed by atoms with Crippen molar-refractivity contribution in [1.29, 1.82) is 0 Å². The van der Waals surface area contributed by atoms with Crippen LogP contribution in [0.3, 0.4) is 0 Å². The van der Waals surface area contributed by atoms with E-state index in [4.69, 9.17) is 14.2 Å². The number of para-hydroxylation sites is 1. The quantitative estimate of drug-likeness (QED) is 0.605. The average Bonchev–Trinajstić information content (AvgIpc) is 3.29. The third-order valence-corrected chi connectivity index (χ3v) is 7.36. The van der Waals surface area contributed by atoms with Gasteiger partial charge < -0.3 is 24.0 Å². The standard InChI is InChI=1S/C27H28N2O7/c1-34-18-7-8-23-20(14-18)22(30)15-27(36-23)9-11-28(12-10-27)25(32)17-13-24(31)29(16-17)21-6-4-3-5-19(21)26(33)35-2/h3-8,14,17H,9-13,15-16H2,1-2H3. The molecule has 2 fully saturated rings. The number of anilines is 1. The normalized spacial score (nSPS) is 20.7. The van der Waals surface area contributed by atoms with Gasteiger partial charge in [-0.15, -0.1) is 0 Å². The molecule has 188 valence electrons. The first-order chi connectivity index (χ1) is 17.3. The Morgan fingerprint density at radius 1 is 1.06 bits per heavy atom. The lowest BCUT2D eigenvalue weighted by Crippen LogP contribution is -2.53. The van der Waals surface area contributed by atoms with Gasteiger partial charge in [0.1, 0.15) is 17.1 Å². The van der Waals surface area contributed by atoms with Crippen LogP contribution in [0.25, 0.3) is 0 Å². The zero-order valence-electron chi connectivity index (χ0n) is 20.3. The lowest BCUT2D eigenvalue weighted by Gasteiger charge is -2.44. The number of fused-ring (bicyclic) bond motifs is 1. The Morgan fingerprint density at radius 2 is 1.81 bits per heavy atom. The van der Waals surface area contributed by atoms with Crippen LogP contribution in [-0.4, -0.2) is 67.9 Å². The van der Waals surface area contributed by atoms with Crippen molar-refractivity contribution < 1.29 is 33.4 Å². The summed E-state index contributed by atoms with van der Waals surface area (Å²) >= 11 is 0. The van der Waals surface area contributed by atoms with Crippen molar-refractivity contribution in [3.63, 3.8) is 0 Å². The summed E-state index contributed by atoms with van der Waals surface area (Å²) in [4.78, 5) is 54.4. The zero-order chi connectivity index (χ0) is 25.4. The molecule has 1 unspecified atom stereocenters. The molecule has 2 saturated heterocycles. The van der Waals surface area contributed by atoms with Crippen LogP contribution in [0, 0.1) is 5.92 Å². The Hall–Kier alpha value is -3.88. The van der Waals surface area contributed by atoms with E-state index in [2.05, 4.69) is 0 Å². The molecule has 0 aromatic heterocycles. The van der Waals surface area contributed by atoms with Crippen molar-refractivity contribution in [3.8, 4) is 11.5 Å². The molecule has 2 aromatic rings. The van der Waals surface area contributed by atoms with E-state index in [1.807, 2.05) is 0 Å². The lowest BCUT2D eigenvalue weighted by atomic mass is 9.82. The molecule has 9 nitrogen and oxygen atoms in total. The Morgan fingerprint density at radius 3 is 2.53 bits per heavy atom. The molecule has 2 amide bonds. The second-order valence-corrected chi connectivity index (χ2v) is 9.49. The average molecular weight is 493 g/mol. The van der Waals surface area contributed by atoms with Crippen molar-refractivity contribution >= 4 is 29.3 Å². The van der Waals surface area contributed by atoms with Gasteiger partial charge in [0, 0.05) is 38.9 Å². The predicted molar refractivity (Wildman–Crippen MR) is 129 cm³/mol. The Kier molecular flexibility index (Phi) is 6.15. The van der Waals surface area contributed by atoms with Gasteiger partial charge in [-0.25, -0.2) is 4.79 Å². The van der Waals surface area contributed by atoms with E-state index in [0.29, 0.717) is 54.2 Å². The first kappa shape index (κ1) is 23.8. The number of hydrogen-bond acceptors (Lipinski definition) is 7. The lowest BCUT2D eigenvalue weighted by molar-refractivity contribution is -0.139. The second-order valence-electron chi connectivity index (χ2n) is 9.49. The summed E-state index contributed by atoms with van der Waals surface area (Å²) in [6, 6.07) is 12.0. The van der Waals surface area contributed by atoms with Crippen molar-refractivity contribution in [2.75, 3.05) is 38.8 Å². The van der Waals surface area contributed by atoms with Gasteiger partial charge in [0.15, 0.2) is 5.78 Å². The maximum absolute atomic E-state index is 13.3. The maximum atomic E-state index is 13.3. The third kappa shape index (κ3) is 4.19. The molecule has 3 heterocycles. The topological polar surface area (TPSA) is 102 Å². The van der Waals surface area contributed by atoms with E-state index in [1.54, 1.807) is 54.5 Å². The van der Waals surface area contributed by atoms with E-state index in [-0.39, 0.29) is 37.0 Å². The molecule has 3 aliphatic rings. The minimum Gasteiger partial charge on any atom is -0.497 e. The number of carbonyl (C=O) groups excluding carboxylic acids is 4. The minimum atomic E-state index is -0.633. The Bertz CT molecular complexity index is 1230.